The Kier molecular flexibility index (Phi) is 5.76. The molecule has 0 aromatic heterocycles. The lowest BCUT2D eigenvalue weighted by atomic mass is 9.99. The molecule has 0 amide bonds. The summed E-state index contributed by atoms with van der Waals surface area (Å²) in [5, 5.41) is 0. The van der Waals surface area contributed by atoms with Gasteiger partial charge < -0.3 is 4.74 Å². The molecular weight excluding hydrogens is 334 g/mol. The first kappa shape index (κ1) is 18.0. The topological polar surface area (TPSA) is 46.6 Å². The summed E-state index contributed by atoms with van der Waals surface area (Å²) in [7, 11) is -2.91. The summed E-state index contributed by atoms with van der Waals surface area (Å²) < 4.78 is 29.0. The zero-order valence-corrected chi connectivity index (χ0v) is 15.4. The van der Waals surface area contributed by atoms with Gasteiger partial charge in [0.1, 0.15) is 21.3 Å². The molecule has 0 bridgehead atoms. The minimum atomic E-state index is -2.91. The highest BCUT2D eigenvalue weighted by molar-refractivity contribution is 7.90. The van der Waals surface area contributed by atoms with Gasteiger partial charge in [-0.05, 0) is 55.1 Å². The Balaban J connectivity index is 1.62. The molecule has 0 N–H and O–H groups in total. The van der Waals surface area contributed by atoms with E-state index in [0.29, 0.717) is 5.75 Å². The summed E-state index contributed by atoms with van der Waals surface area (Å²) in [5.74, 6) is 2.19. The van der Waals surface area contributed by atoms with E-state index in [2.05, 4.69) is 17.0 Å². The Morgan fingerprint density at radius 2 is 1.84 bits per heavy atom. The van der Waals surface area contributed by atoms with Crippen molar-refractivity contribution in [3.63, 3.8) is 0 Å². The number of rotatable bonds is 6. The molecule has 1 atom stereocenters. The Morgan fingerprint density at radius 3 is 2.60 bits per heavy atom. The lowest BCUT2D eigenvalue weighted by molar-refractivity contribution is 0.177. The molecule has 1 heterocycles. The predicted octanol–water partition coefficient (Wildman–Crippen LogP) is 3.74. The summed E-state index contributed by atoms with van der Waals surface area (Å²) in [6, 6.07) is 17.9. The van der Waals surface area contributed by atoms with E-state index >= 15 is 0 Å². The molecule has 2 aromatic rings. The van der Waals surface area contributed by atoms with Crippen molar-refractivity contribution in [2.24, 2.45) is 5.92 Å². The molecule has 4 nitrogen and oxygen atoms in total. The van der Waals surface area contributed by atoms with Crippen molar-refractivity contribution in [3.8, 4) is 11.5 Å². The zero-order valence-electron chi connectivity index (χ0n) is 14.6. The number of hydrogen-bond acceptors (Lipinski definition) is 4. The van der Waals surface area contributed by atoms with Crippen LogP contribution in [-0.2, 0) is 16.4 Å². The quantitative estimate of drug-likeness (QED) is 0.788. The first-order valence-electron chi connectivity index (χ1n) is 8.70. The van der Waals surface area contributed by atoms with Crippen LogP contribution in [-0.4, -0.2) is 38.4 Å². The molecule has 1 aliphatic rings. The second kappa shape index (κ2) is 8.02. The smallest absolute Gasteiger partial charge is 0.147 e. The van der Waals surface area contributed by atoms with Crippen molar-refractivity contribution in [1.29, 1.82) is 0 Å². The summed E-state index contributed by atoms with van der Waals surface area (Å²) in [6.07, 6.45) is 3.39. The molecule has 0 aliphatic carbocycles. The third-order valence-corrected chi connectivity index (χ3v) is 5.50. The van der Waals surface area contributed by atoms with Gasteiger partial charge in [-0.2, -0.15) is 0 Å². The molecule has 0 radical (unpaired) electrons. The number of nitrogens with zero attached hydrogens (tertiary/aromatic N) is 1. The standard InChI is InChI=1S/C20H25NO3S/c1-25(22,23)16-18-8-6-12-21(15-18)14-17-7-5-11-20(13-17)24-19-9-3-2-4-10-19/h2-5,7,9-11,13,18H,6,8,12,14-16H2,1H3/t18-/m1/s1. The van der Waals surface area contributed by atoms with Crippen LogP contribution in [0.3, 0.4) is 0 Å². The Bertz CT molecular complexity index is 790. The normalized spacial score (nSPS) is 18.8. The third-order valence-electron chi connectivity index (χ3n) is 4.43. The molecule has 0 spiro atoms. The zero-order chi connectivity index (χ0) is 17.7. The fraction of sp³-hybridized carbons (Fsp3) is 0.400. The second-order valence-corrected chi connectivity index (χ2v) is 9.08. The van der Waals surface area contributed by atoms with Crippen LogP contribution < -0.4 is 4.74 Å². The van der Waals surface area contributed by atoms with Crippen LogP contribution in [0.4, 0.5) is 0 Å². The molecule has 0 saturated carbocycles. The van der Waals surface area contributed by atoms with Crippen LogP contribution in [0.25, 0.3) is 0 Å². The predicted molar refractivity (Wildman–Crippen MR) is 101 cm³/mol. The minimum Gasteiger partial charge on any atom is -0.457 e. The highest BCUT2D eigenvalue weighted by Crippen LogP contribution is 2.24. The highest BCUT2D eigenvalue weighted by atomic mass is 32.2. The molecule has 1 fully saturated rings. The summed E-state index contributed by atoms with van der Waals surface area (Å²) in [6.45, 7) is 2.69. The van der Waals surface area contributed by atoms with Crippen molar-refractivity contribution in [3.05, 3.63) is 60.2 Å². The lowest BCUT2D eigenvalue weighted by Gasteiger charge is -2.32. The highest BCUT2D eigenvalue weighted by Gasteiger charge is 2.23. The van der Waals surface area contributed by atoms with E-state index in [4.69, 9.17) is 4.74 Å². The maximum Gasteiger partial charge on any atom is 0.147 e. The van der Waals surface area contributed by atoms with Crippen molar-refractivity contribution in [2.45, 2.75) is 19.4 Å². The number of para-hydroxylation sites is 1. The summed E-state index contributed by atoms with van der Waals surface area (Å²) in [4.78, 5) is 2.35. The van der Waals surface area contributed by atoms with Gasteiger partial charge in [-0.25, -0.2) is 8.42 Å². The fourth-order valence-corrected chi connectivity index (χ4v) is 4.58. The minimum absolute atomic E-state index is 0.243. The van der Waals surface area contributed by atoms with Crippen LogP contribution in [0.2, 0.25) is 0 Å². The molecule has 1 aliphatic heterocycles. The number of sulfone groups is 1. The number of ether oxygens (including phenoxy) is 1. The van der Waals surface area contributed by atoms with E-state index in [1.165, 1.54) is 11.8 Å². The maximum atomic E-state index is 11.5. The molecule has 1 saturated heterocycles. The number of likely N-dealkylation sites (tertiary alicyclic amines) is 1. The maximum absolute atomic E-state index is 11.5. The van der Waals surface area contributed by atoms with Gasteiger partial charge >= 0.3 is 0 Å². The van der Waals surface area contributed by atoms with Gasteiger partial charge in [-0.15, -0.1) is 0 Å². The van der Waals surface area contributed by atoms with Crippen molar-refractivity contribution in [1.82, 2.24) is 4.90 Å². The van der Waals surface area contributed by atoms with Gasteiger partial charge in [0.2, 0.25) is 0 Å². The number of hydrogen-bond donors (Lipinski definition) is 0. The largest absolute Gasteiger partial charge is 0.457 e. The number of benzene rings is 2. The van der Waals surface area contributed by atoms with Gasteiger partial charge in [0.15, 0.2) is 0 Å². The van der Waals surface area contributed by atoms with Crippen LogP contribution in [0.1, 0.15) is 18.4 Å². The van der Waals surface area contributed by atoms with E-state index in [9.17, 15) is 8.42 Å². The van der Waals surface area contributed by atoms with Crippen LogP contribution in [0, 0.1) is 5.92 Å². The van der Waals surface area contributed by atoms with Crippen molar-refractivity contribution < 1.29 is 13.2 Å². The molecule has 0 unspecified atom stereocenters. The summed E-state index contributed by atoms with van der Waals surface area (Å²) in [5.41, 5.74) is 1.19. The summed E-state index contributed by atoms with van der Waals surface area (Å²) >= 11 is 0. The van der Waals surface area contributed by atoms with Crippen LogP contribution in [0.5, 0.6) is 11.5 Å². The van der Waals surface area contributed by atoms with Gasteiger partial charge in [0.05, 0.1) is 5.75 Å². The fourth-order valence-electron chi connectivity index (χ4n) is 3.45. The monoisotopic (exact) mass is 359 g/mol. The molecule has 5 heteroatoms. The Hall–Kier alpha value is -1.85. The molecule has 134 valence electrons. The Morgan fingerprint density at radius 1 is 1.08 bits per heavy atom. The van der Waals surface area contributed by atoms with Gasteiger partial charge in [0, 0.05) is 19.3 Å². The number of piperidine rings is 1. The van der Waals surface area contributed by atoms with Crippen LogP contribution in [0.15, 0.2) is 54.6 Å². The molecule has 3 rings (SSSR count). The van der Waals surface area contributed by atoms with Gasteiger partial charge in [0.25, 0.3) is 0 Å². The SMILES string of the molecule is CS(=O)(=O)C[C@@H]1CCCN(Cc2cccc(Oc3ccccc3)c2)C1. The van der Waals surface area contributed by atoms with E-state index in [1.807, 2.05) is 42.5 Å². The average molecular weight is 359 g/mol. The first-order valence-corrected chi connectivity index (χ1v) is 10.8. The third kappa shape index (κ3) is 5.87. The molecule has 2 aromatic carbocycles. The Labute approximate surface area is 150 Å². The van der Waals surface area contributed by atoms with Crippen molar-refractivity contribution >= 4 is 9.84 Å². The average Bonchev–Trinajstić information content (AvgIpc) is 2.55. The van der Waals surface area contributed by atoms with E-state index in [0.717, 1.165) is 44.0 Å². The van der Waals surface area contributed by atoms with E-state index < -0.39 is 9.84 Å². The first-order chi connectivity index (χ1) is 12.0. The van der Waals surface area contributed by atoms with Crippen LogP contribution >= 0.6 is 0 Å². The lowest BCUT2D eigenvalue weighted by Crippen LogP contribution is -2.37. The van der Waals surface area contributed by atoms with Crippen molar-refractivity contribution in [2.75, 3.05) is 25.1 Å². The molecular formula is C20H25NO3S. The van der Waals surface area contributed by atoms with E-state index in [1.54, 1.807) is 0 Å². The van der Waals surface area contributed by atoms with Gasteiger partial charge in [-0.1, -0.05) is 30.3 Å². The van der Waals surface area contributed by atoms with E-state index in [-0.39, 0.29) is 5.92 Å². The van der Waals surface area contributed by atoms with Gasteiger partial charge in [-0.3, -0.25) is 4.90 Å². The second-order valence-electron chi connectivity index (χ2n) is 6.90. The molecule has 25 heavy (non-hydrogen) atoms.